The fourth-order valence-electron chi connectivity index (χ4n) is 10.5. The highest BCUT2D eigenvalue weighted by Crippen LogP contribution is 2.18. The Morgan fingerprint density at radius 3 is 1.05 bits per heavy atom. The van der Waals surface area contributed by atoms with E-state index < -0.39 is 12.1 Å². The first kappa shape index (κ1) is 73.1. The zero-order chi connectivity index (χ0) is 54.3. The van der Waals surface area contributed by atoms with Gasteiger partial charge in [0.1, 0.15) is 0 Å². The minimum Gasteiger partial charge on any atom is -0.466 e. The van der Waals surface area contributed by atoms with Crippen molar-refractivity contribution in [3.8, 4) is 0 Å². The molecule has 0 aliphatic carbocycles. The minimum absolute atomic E-state index is 0.00154. The molecule has 0 aromatic rings. The van der Waals surface area contributed by atoms with Crippen molar-refractivity contribution in [1.82, 2.24) is 5.32 Å². The molecule has 0 bridgehead atoms. The Morgan fingerprint density at radius 2 is 0.680 bits per heavy atom. The first-order chi connectivity index (χ1) is 37.0. The Kier molecular flexibility index (Phi) is 63.0. The van der Waals surface area contributed by atoms with Gasteiger partial charge in [0.2, 0.25) is 5.91 Å². The van der Waals surface area contributed by atoms with Gasteiger partial charge >= 0.3 is 5.97 Å². The lowest BCUT2D eigenvalue weighted by molar-refractivity contribution is -0.143. The molecule has 2 atom stereocenters. The maximum absolute atomic E-state index is 12.5. The van der Waals surface area contributed by atoms with E-state index in [1.54, 1.807) is 6.08 Å². The molecule has 0 aliphatic heterocycles. The van der Waals surface area contributed by atoms with E-state index in [4.69, 9.17) is 4.74 Å². The van der Waals surface area contributed by atoms with E-state index in [1.807, 2.05) is 6.08 Å². The van der Waals surface area contributed by atoms with Crippen molar-refractivity contribution >= 4 is 11.9 Å². The predicted octanol–water partition coefficient (Wildman–Crippen LogP) is 21.5. The van der Waals surface area contributed by atoms with Crippen molar-refractivity contribution in [1.29, 1.82) is 0 Å². The third-order valence-electron chi connectivity index (χ3n) is 15.7. The second kappa shape index (κ2) is 64.6. The van der Waals surface area contributed by atoms with Crippen LogP contribution in [0.1, 0.15) is 367 Å². The summed E-state index contributed by atoms with van der Waals surface area (Å²) in [5, 5.41) is 23.2. The number of aliphatic hydroxyl groups is 2. The van der Waals surface area contributed by atoms with Gasteiger partial charge in [-0.2, -0.15) is 0 Å². The van der Waals surface area contributed by atoms with Crippen molar-refractivity contribution in [2.24, 2.45) is 0 Å². The van der Waals surface area contributed by atoms with E-state index in [-0.39, 0.29) is 18.5 Å². The quantitative estimate of drug-likeness (QED) is 0.0320. The average Bonchev–Trinajstić information content (AvgIpc) is 3.41. The highest BCUT2D eigenvalue weighted by Gasteiger charge is 2.18. The van der Waals surface area contributed by atoms with E-state index in [0.29, 0.717) is 19.4 Å². The van der Waals surface area contributed by atoms with E-state index in [9.17, 15) is 19.8 Å². The summed E-state index contributed by atoms with van der Waals surface area (Å²) in [6, 6.07) is -0.630. The fraction of sp³-hybridized carbons (Fsp3) is 0.884. The molecular formula is C69H131NO5. The number of carbonyl (C=O) groups excluding carboxylic acids is 2. The molecule has 2 unspecified atom stereocenters. The normalized spacial score (nSPS) is 12.7. The van der Waals surface area contributed by atoms with E-state index >= 15 is 0 Å². The Morgan fingerprint density at radius 1 is 0.373 bits per heavy atom. The zero-order valence-corrected chi connectivity index (χ0v) is 50.5. The summed E-state index contributed by atoms with van der Waals surface area (Å²) in [7, 11) is 0. The molecular weight excluding hydrogens is 923 g/mol. The minimum atomic E-state index is -0.846. The largest absolute Gasteiger partial charge is 0.466 e. The molecule has 75 heavy (non-hydrogen) atoms. The molecule has 0 aromatic carbocycles. The van der Waals surface area contributed by atoms with Crippen LogP contribution in [-0.2, 0) is 14.3 Å². The molecule has 0 aliphatic rings. The molecule has 6 nitrogen and oxygen atoms in total. The van der Waals surface area contributed by atoms with Crippen LogP contribution >= 0.6 is 0 Å². The number of amides is 1. The van der Waals surface area contributed by atoms with Gasteiger partial charge in [-0.1, -0.05) is 333 Å². The van der Waals surface area contributed by atoms with Crippen LogP contribution in [0.15, 0.2) is 36.5 Å². The van der Waals surface area contributed by atoms with E-state index in [0.717, 1.165) is 51.4 Å². The maximum Gasteiger partial charge on any atom is 0.305 e. The summed E-state index contributed by atoms with van der Waals surface area (Å²) in [5.74, 6) is -0.0665. The van der Waals surface area contributed by atoms with Crippen LogP contribution in [0, 0.1) is 0 Å². The predicted molar refractivity (Wildman–Crippen MR) is 329 cm³/mol. The lowest BCUT2D eigenvalue weighted by atomic mass is 10.0. The summed E-state index contributed by atoms with van der Waals surface area (Å²) >= 11 is 0. The first-order valence-corrected chi connectivity index (χ1v) is 33.8. The first-order valence-electron chi connectivity index (χ1n) is 33.8. The van der Waals surface area contributed by atoms with Gasteiger partial charge in [-0.15, -0.1) is 0 Å². The Hall–Kier alpha value is -1.92. The van der Waals surface area contributed by atoms with Crippen LogP contribution in [0.3, 0.4) is 0 Å². The third-order valence-corrected chi connectivity index (χ3v) is 15.7. The average molecular weight is 1050 g/mol. The Balaban J connectivity index is 3.42. The smallest absolute Gasteiger partial charge is 0.305 e. The van der Waals surface area contributed by atoms with Gasteiger partial charge in [0.05, 0.1) is 25.4 Å². The van der Waals surface area contributed by atoms with Crippen molar-refractivity contribution in [2.45, 2.75) is 379 Å². The topological polar surface area (TPSA) is 95.9 Å². The highest BCUT2D eigenvalue weighted by molar-refractivity contribution is 5.76. The lowest BCUT2D eigenvalue weighted by Crippen LogP contribution is -2.45. The van der Waals surface area contributed by atoms with Gasteiger partial charge in [-0.25, -0.2) is 0 Å². The Labute approximate surface area is 468 Å². The van der Waals surface area contributed by atoms with Crippen LogP contribution < -0.4 is 5.32 Å². The molecule has 0 spiro atoms. The molecule has 0 saturated heterocycles. The summed E-state index contributed by atoms with van der Waals surface area (Å²) in [5.41, 5.74) is 0. The van der Waals surface area contributed by atoms with E-state index in [2.05, 4.69) is 43.5 Å². The van der Waals surface area contributed by atoms with Crippen LogP contribution in [0.5, 0.6) is 0 Å². The molecule has 3 N–H and O–H groups in total. The van der Waals surface area contributed by atoms with Crippen LogP contribution in [0.2, 0.25) is 0 Å². The number of allylic oxidation sites excluding steroid dienone is 5. The second-order valence-electron chi connectivity index (χ2n) is 23.2. The van der Waals surface area contributed by atoms with Crippen LogP contribution in [0.25, 0.3) is 0 Å². The number of esters is 1. The Bertz CT molecular complexity index is 1210. The molecule has 0 saturated carbocycles. The van der Waals surface area contributed by atoms with E-state index in [1.165, 1.54) is 289 Å². The van der Waals surface area contributed by atoms with Gasteiger partial charge in [0, 0.05) is 12.8 Å². The zero-order valence-electron chi connectivity index (χ0n) is 50.5. The molecule has 0 rings (SSSR count). The number of hydrogen-bond acceptors (Lipinski definition) is 5. The van der Waals surface area contributed by atoms with Gasteiger partial charge in [-0.3, -0.25) is 9.59 Å². The van der Waals surface area contributed by atoms with Gasteiger partial charge in [-0.05, 0) is 57.8 Å². The highest BCUT2D eigenvalue weighted by atomic mass is 16.5. The maximum atomic E-state index is 12.5. The summed E-state index contributed by atoms with van der Waals surface area (Å²) in [6.45, 7) is 4.88. The standard InChI is InChI=1S/C69H131NO5/c1-3-5-7-9-11-13-15-17-19-20-21-22-25-28-31-34-37-41-45-49-53-57-61-67(72)66(65-71)70-68(73)62-58-54-50-46-42-38-35-32-29-26-23-24-27-30-33-36-40-44-48-52-56-60-64-75-69(74)63-59-55-51-47-43-39-18-16-14-12-10-8-6-4-2/h10,12,16,18,57,61,66-67,71-72H,3-9,11,13-15,17,19-56,58-60,62-65H2,1-2H3,(H,70,73)/b12-10-,18-16-,61-57+. The van der Waals surface area contributed by atoms with Crippen molar-refractivity contribution in [2.75, 3.05) is 13.2 Å². The van der Waals surface area contributed by atoms with Gasteiger partial charge in [0.15, 0.2) is 0 Å². The summed E-state index contributed by atoms with van der Waals surface area (Å²) < 4.78 is 5.48. The summed E-state index contributed by atoms with van der Waals surface area (Å²) in [6.07, 6.45) is 82.0. The monoisotopic (exact) mass is 1050 g/mol. The molecule has 0 fully saturated rings. The molecule has 442 valence electrons. The van der Waals surface area contributed by atoms with Gasteiger partial charge in [0.25, 0.3) is 0 Å². The number of nitrogens with one attached hydrogen (secondary N) is 1. The molecule has 0 radical (unpaired) electrons. The number of unbranched alkanes of at least 4 members (excludes halogenated alkanes) is 48. The molecule has 0 heterocycles. The SMILES string of the molecule is CCCC/C=C\C/C=C\CCCCCCCC(=O)OCCCCCCCCCCCCCCCCCCCCCCCCC(=O)NC(CO)C(O)/C=C/CCCCCCCCCCCCCCCCCCCCCC. The van der Waals surface area contributed by atoms with Crippen molar-refractivity contribution in [3.63, 3.8) is 0 Å². The van der Waals surface area contributed by atoms with Crippen molar-refractivity contribution in [3.05, 3.63) is 36.5 Å². The number of carbonyl (C=O) groups is 2. The number of hydrogen-bond donors (Lipinski definition) is 3. The lowest BCUT2D eigenvalue weighted by Gasteiger charge is -2.20. The summed E-state index contributed by atoms with van der Waals surface area (Å²) in [4.78, 5) is 24.6. The van der Waals surface area contributed by atoms with Crippen molar-refractivity contribution < 1.29 is 24.5 Å². The van der Waals surface area contributed by atoms with Gasteiger partial charge < -0.3 is 20.3 Å². The molecule has 6 heteroatoms. The number of aliphatic hydroxyl groups excluding tert-OH is 2. The fourth-order valence-corrected chi connectivity index (χ4v) is 10.5. The number of rotatable bonds is 63. The van der Waals surface area contributed by atoms with Crippen LogP contribution in [-0.4, -0.2) is 47.4 Å². The molecule has 0 aromatic heterocycles. The second-order valence-corrected chi connectivity index (χ2v) is 23.2. The molecule has 1 amide bonds. The third kappa shape index (κ3) is 61.2. The number of ether oxygens (including phenoxy) is 1. The van der Waals surface area contributed by atoms with Crippen LogP contribution in [0.4, 0.5) is 0 Å².